The number of primary amides is 1. The SMILES string of the molecule is COc1ccccc1CCNc1ccc(C(N)=O)cc1[N+](=O)[O-]. The summed E-state index contributed by atoms with van der Waals surface area (Å²) in [5.74, 6) is 0.0709. The van der Waals surface area contributed by atoms with Gasteiger partial charge in [-0.25, -0.2) is 0 Å². The minimum absolute atomic E-state index is 0.104. The van der Waals surface area contributed by atoms with E-state index in [-0.39, 0.29) is 11.3 Å². The quantitative estimate of drug-likeness (QED) is 0.602. The van der Waals surface area contributed by atoms with Gasteiger partial charge < -0.3 is 15.8 Å². The Balaban J connectivity index is 2.11. The molecule has 0 heterocycles. The molecule has 0 fully saturated rings. The first-order valence-corrected chi connectivity index (χ1v) is 6.97. The number of carbonyl (C=O) groups excluding carboxylic acids is 1. The van der Waals surface area contributed by atoms with Crippen molar-refractivity contribution in [1.82, 2.24) is 0 Å². The molecule has 7 heteroatoms. The van der Waals surface area contributed by atoms with Gasteiger partial charge in [-0.1, -0.05) is 18.2 Å². The second-order valence-corrected chi connectivity index (χ2v) is 4.84. The van der Waals surface area contributed by atoms with E-state index in [1.54, 1.807) is 7.11 Å². The predicted octanol–water partition coefficient (Wildman–Crippen LogP) is 2.36. The number of nitro groups is 1. The molecule has 23 heavy (non-hydrogen) atoms. The highest BCUT2D eigenvalue weighted by Gasteiger charge is 2.16. The number of nitrogens with zero attached hydrogens (tertiary/aromatic N) is 1. The molecular formula is C16H17N3O4. The van der Waals surface area contributed by atoms with E-state index < -0.39 is 10.8 Å². The van der Waals surface area contributed by atoms with Crippen molar-refractivity contribution in [1.29, 1.82) is 0 Å². The maximum Gasteiger partial charge on any atom is 0.293 e. The van der Waals surface area contributed by atoms with E-state index in [0.717, 1.165) is 11.3 Å². The molecule has 0 unspecified atom stereocenters. The Kier molecular flexibility index (Phi) is 5.14. The van der Waals surface area contributed by atoms with Crippen molar-refractivity contribution in [2.45, 2.75) is 6.42 Å². The van der Waals surface area contributed by atoms with Gasteiger partial charge in [-0.2, -0.15) is 0 Å². The molecule has 1 amide bonds. The molecule has 2 rings (SSSR count). The van der Waals surface area contributed by atoms with Gasteiger partial charge in [0.15, 0.2) is 0 Å². The Morgan fingerprint density at radius 3 is 2.70 bits per heavy atom. The number of ether oxygens (including phenoxy) is 1. The van der Waals surface area contributed by atoms with Crippen molar-refractivity contribution in [3.8, 4) is 5.75 Å². The van der Waals surface area contributed by atoms with Crippen molar-refractivity contribution in [2.24, 2.45) is 5.73 Å². The Morgan fingerprint density at radius 1 is 1.30 bits per heavy atom. The molecule has 0 atom stereocenters. The molecule has 0 aromatic heterocycles. The largest absolute Gasteiger partial charge is 0.496 e. The van der Waals surface area contributed by atoms with Crippen LogP contribution in [0, 0.1) is 10.1 Å². The zero-order chi connectivity index (χ0) is 16.8. The zero-order valence-corrected chi connectivity index (χ0v) is 12.6. The summed E-state index contributed by atoms with van der Waals surface area (Å²) in [7, 11) is 1.60. The number of benzene rings is 2. The minimum atomic E-state index is -0.700. The average molecular weight is 315 g/mol. The van der Waals surface area contributed by atoms with Gasteiger partial charge in [-0.05, 0) is 30.2 Å². The number of para-hydroxylation sites is 1. The summed E-state index contributed by atoms with van der Waals surface area (Å²) in [6, 6.07) is 11.7. The summed E-state index contributed by atoms with van der Waals surface area (Å²) >= 11 is 0. The Labute approximate surface area is 133 Å². The number of hydrogen-bond donors (Lipinski definition) is 2. The van der Waals surface area contributed by atoms with Crippen LogP contribution in [-0.4, -0.2) is 24.5 Å². The second-order valence-electron chi connectivity index (χ2n) is 4.84. The molecule has 0 spiro atoms. The van der Waals surface area contributed by atoms with Crippen LogP contribution in [0.25, 0.3) is 0 Å². The van der Waals surface area contributed by atoms with Crippen molar-refractivity contribution < 1.29 is 14.5 Å². The van der Waals surface area contributed by atoms with Crippen molar-refractivity contribution in [2.75, 3.05) is 19.0 Å². The third-order valence-electron chi connectivity index (χ3n) is 3.38. The van der Waals surface area contributed by atoms with Gasteiger partial charge in [0.05, 0.1) is 12.0 Å². The van der Waals surface area contributed by atoms with E-state index in [4.69, 9.17) is 10.5 Å². The van der Waals surface area contributed by atoms with E-state index in [9.17, 15) is 14.9 Å². The molecule has 0 radical (unpaired) electrons. The van der Waals surface area contributed by atoms with Gasteiger partial charge in [0.2, 0.25) is 5.91 Å². The number of nitrogens with one attached hydrogen (secondary N) is 1. The van der Waals surface area contributed by atoms with Gasteiger partial charge in [-0.3, -0.25) is 14.9 Å². The molecule has 0 aliphatic heterocycles. The van der Waals surface area contributed by atoms with E-state index >= 15 is 0 Å². The summed E-state index contributed by atoms with van der Waals surface area (Å²) in [5.41, 5.74) is 6.41. The van der Waals surface area contributed by atoms with Crippen LogP contribution in [0.15, 0.2) is 42.5 Å². The fraction of sp³-hybridized carbons (Fsp3) is 0.188. The zero-order valence-electron chi connectivity index (χ0n) is 12.6. The topological polar surface area (TPSA) is 107 Å². The van der Waals surface area contributed by atoms with E-state index in [2.05, 4.69) is 5.32 Å². The average Bonchev–Trinajstić information content (AvgIpc) is 2.55. The first-order chi connectivity index (χ1) is 11.0. The fourth-order valence-electron chi connectivity index (χ4n) is 2.23. The fourth-order valence-corrected chi connectivity index (χ4v) is 2.23. The number of hydrogen-bond acceptors (Lipinski definition) is 5. The summed E-state index contributed by atoms with van der Waals surface area (Å²) in [4.78, 5) is 21.7. The van der Waals surface area contributed by atoms with Gasteiger partial charge in [0, 0.05) is 18.2 Å². The summed E-state index contributed by atoms with van der Waals surface area (Å²) in [6.45, 7) is 0.483. The first kappa shape index (κ1) is 16.3. The Hall–Kier alpha value is -3.09. The number of rotatable bonds is 7. The Bertz CT molecular complexity index is 731. The lowest BCUT2D eigenvalue weighted by Gasteiger charge is -2.10. The first-order valence-electron chi connectivity index (χ1n) is 6.97. The van der Waals surface area contributed by atoms with Crippen LogP contribution in [0.2, 0.25) is 0 Å². The third kappa shape index (κ3) is 3.97. The van der Waals surface area contributed by atoms with Gasteiger partial charge in [0.1, 0.15) is 11.4 Å². The molecule has 3 N–H and O–H groups in total. The number of amides is 1. The monoisotopic (exact) mass is 315 g/mol. The molecule has 7 nitrogen and oxygen atoms in total. The number of carbonyl (C=O) groups is 1. The molecule has 0 aliphatic rings. The highest BCUT2D eigenvalue weighted by Crippen LogP contribution is 2.26. The highest BCUT2D eigenvalue weighted by molar-refractivity contribution is 5.94. The van der Waals surface area contributed by atoms with Crippen LogP contribution in [0.4, 0.5) is 11.4 Å². The Morgan fingerprint density at radius 2 is 2.04 bits per heavy atom. The molecule has 0 saturated carbocycles. The van der Waals surface area contributed by atoms with Crippen molar-refractivity contribution in [3.05, 3.63) is 63.7 Å². The lowest BCUT2D eigenvalue weighted by molar-refractivity contribution is -0.384. The highest BCUT2D eigenvalue weighted by atomic mass is 16.6. The minimum Gasteiger partial charge on any atom is -0.496 e. The molecule has 0 bridgehead atoms. The maximum absolute atomic E-state index is 11.1. The smallest absolute Gasteiger partial charge is 0.293 e. The van der Waals surface area contributed by atoms with Crippen LogP contribution in [-0.2, 0) is 6.42 Å². The summed E-state index contributed by atoms with van der Waals surface area (Å²) in [5, 5.41) is 14.1. The number of nitrogens with two attached hydrogens (primary N) is 1. The van der Waals surface area contributed by atoms with Crippen molar-refractivity contribution in [3.63, 3.8) is 0 Å². The van der Waals surface area contributed by atoms with Crippen LogP contribution in [0.5, 0.6) is 5.75 Å². The summed E-state index contributed by atoms with van der Waals surface area (Å²) < 4.78 is 5.26. The third-order valence-corrected chi connectivity index (χ3v) is 3.38. The van der Waals surface area contributed by atoms with Crippen molar-refractivity contribution >= 4 is 17.3 Å². The molecule has 2 aromatic carbocycles. The molecule has 2 aromatic rings. The van der Waals surface area contributed by atoms with Crippen LogP contribution in [0.1, 0.15) is 15.9 Å². The van der Waals surface area contributed by atoms with Gasteiger partial charge in [0.25, 0.3) is 5.69 Å². The second kappa shape index (κ2) is 7.26. The van der Waals surface area contributed by atoms with Gasteiger partial charge >= 0.3 is 0 Å². The molecule has 120 valence electrons. The number of nitro benzene ring substituents is 1. The van der Waals surface area contributed by atoms with E-state index in [1.165, 1.54) is 18.2 Å². The molecule has 0 aliphatic carbocycles. The van der Waals surface area contributed by atoms with Crippen LogP contribution in [0.3, 0.4) is 0 Å². The number of anilines is 1. The molecule has 0 saturated heterocycles. The maximum atomic E-state index is 11.1. The predicted molar refractivity (Wildman–Crippen MR) is 86.8 cm³/mol. The van der Waals surface area contributed by atoms with Crippen LogP contribution < -0.4 is 15.8 Å². The lowest BCUT2D eigenvalue weighted by Crippen LogP contribution is -2.12. The standard InChI is InChI=1S/C16H17N3O4/c1-23-15-5-3-2-4-11(15)8-9-18-13-7-6-12(16(17)20)10-14(13)19(21)22/h2-7,10,18H,8-9H2,1H3,(H2,17,20). The lowest BCUT2D eigenvalue weighted by atomic mass is 10.1. The van der Waals surface area contributed by atoms with Gasteiger partial charge in [-0.15, -0.1) is 0 Å². The number of methoxy groups -OCH3 is 1. The van der Waals surface area contributed by atoms with E-state index in [0.29, 0.717) is 18.7 Å². The normalized spacial score (nSPS) is 10.1. The van der Waals surface area contributed by atoms with Crippen LogP contribution >= 0.6 is 0 Å². The molecular weight excluding hydrogens is 298 g/mol. The van der Waals surface area contributed by atoms with E-state index in [1.807, 2.05) is 24.3 Å². The summed E-state index contributed by atoms with van der Waals surface area (Å²) in [6.07, 6.45) is 0.638.